The number of anilines is 1. The molecular formula is C14H12N2O2S. The highest BCUT2D eigenvalue weighted by atomic mass is 32.1. The minimum Gasteiger partial charge on any atom is -0.477 e. The van der Waals surface area contributed by atoms with Crippen LogP contribution >= 0.6 is 11.3 Å². The van der Waals surface area contributed by atoms with Gasteiger partial charge in [-0.1, -0.05) is 12.1 Å². The van der Waals surface area contributed by atoms with Crippen molar-refractivity contribution in [3.63, 3.8) is 0 Å². The molecule has 19 heavy (non-hydrogen) atoms. The summed E-state index contributed by atoms with van der Waals surface area (Å²) in [4.78, 5) is 12.0. The average molecular weight is 272 g/mol. The number of hydrogen-bond donors (Lipinski definition) is 2. The maximum atomic E-state index is 10.8. The molecule has 1 aromatic carbocycles. The number of nitrogens with one attached hydrogen (secondary N) is 1. The maximum absolute atomic E-state index is 10.8. The molecule has 0 saturated heterocycles. The minimum absolute atomic E-state index is 0.321. The van der Waals surface area contributed by atoms with E-state index in [-0.39, 0.29) is 0 Å². The summed E-state index contributed by atoms with van der Waals surface area (Å²) in [6, 6.07) is 11.2. The van der Waals surface area contributed by atoms with E-state index in [2.05, 4.69) is 11.4 Å². The lowest BCUT2D eigenvalue weighted by Gasteiger charge is -2.08. The van der Waals surface area contributed by atoms with E-state index < -0.39 is 5.97 Å². The number of rotatable bonds is 4. The molecule has 0 radical (unpaired) electrons. The molecule has 0 aliphatic rings. The molecule has 0 aliphatic carbocycles. The fourth-order valence-corrected chi connectivity index (χ4v) is 2.52. The van der Waals surface area contributed by atoms with Gasteiger partial charge in [0.05, 0.1) is 11.3 Å². The molecule has 0 unspecified atom stereocenters. The zero-order valence-corrected chi connectivity index (χ0v) is 11.1. The molecule has 0 aliphatic heterocycles. The molecule has 4 nitrogen and oxygen atoms in total. The summed E-state index contributed by atoms with van der Waals surface area (Å²) in [6.07, 6.45) is 0. The van der Waals surface area contributed by atoms with Crippen LogP contribution in [-0.2, 0) is 6.54 Å². The van der Waals surface area contributed by atoms with Crippen LogP contribution in [0.5, 0.6) is 0 Å². The van der Waals surface area contributed by atoms with E-state index in [1.54, 1.807) is 12.1 Å². The Morgan fingerprint density at radius 3 is 2.84 bits per heavy atom. The normalized spacial score (nSPS) is 9.89. The molecule has 2 aromatic rings. The van der Waals surface area contributed by atoms with Gasteiger partial charge in [-0.15, -0.1) is 11.3 Å². The molecular weight excluding hydrogens is 260 g/mol. The molecule has 1 aromatic heterocycles. The number of carboxylic acids is 1. The predicted octanol–water partition coefficient (Wildman–Crippen LogP) is 3.24. The molecule has 0 fully saturated rings. The van der Waals surface area contributed by atoms with Crippen molar-refractivity contribution in [2.75, 3.05) is 5.32 Å². The van der Waals surface area contributed by atoms with Crippen LogP contribution < -0.4 is 5.32 Å². The van der Waals surface area contributed by atoms with Gasteiger partial charge in [-0.05, 0) is 30.7 Å². The third-order valence-electron chi connectivity index (χ3n) is 2.71. The Labute approximate surface area is 114 Å². The van der Waals surface area contributed by atoms with Gasteiger partial charge in [0.1, 0.15) is 10.9 Å². The lowest BCUT2D eigenvalue weighted by molar-refractivity contribution is 0.0702. The van der Waals surface area contributed by atoms with E-state index >= 15 is 0 Å². The number of benzene rings is 1. The van der Waals surface area contributed by atoms with Crippen LogP contribution in [0.1, 0.15) is 25.7 Å². The lowest BCUT2D eigenvalue weighted by atomic mass is 10.1. The summed E-state index contributed by atoms with van der Waals surface area (Å²) in [5.41, 5.74) is 2.31. The topological polar surface area (TPSA) is 73.1 Å². The zero-order valence-electron chi connectivity index (χ0n) is 10.3. The first-order valence-electron chi connectivity index (χ1n) is 5.67. The Bertz CT molecular complexity index is 656. The number of hydrogen-bond acceptors (Lipinski definition) is 4. The van der Waals surface area contributed by atoms with Crippen molar-refractivity contribution in [2.45, 2.75) is 13.5 Å². The molecule has 5 heteroatoms. The van der Waals surface area contributed by atoms with E-state index in [0.29, 0.717) is 17.0 Å². The molecule has 2 N–H and O–H groups in total. The van der Waals surface area contributed by atoms with Crippen LogP contribution in [0.25, 0.3) is 0 Å². The van der Waals surface area contributed by atoms with Crippen LogP contribution in [0.2, 0.25) is 0 Å². The van der Waals surface area contributed by atoms with Gasteiger partial charge in [-0.25, -0.2) is 4.79 Å². The molecule has 0 atom stereocenters. The highest BCUT2D eigenvalue weighted by Gasteiger charge is 2.08. The minimum atomic E-state index is -0.912. The molecule has 0 bridgehead atoms. The van der Waals surface area contributed by atoms with Crippen molar-refractivity contribution < 1.29 is 9.90 Å². The fraction of sp³-hybridized carbons (Fsp3) is 0.143. The Kier molecular flexibility index (Phi) is 3.83. The monoisotopic (exact) mass is 272 g/mol. The van der Waals surface area contributed by atoms with Gasteiger partial charge in [-0.3, -0.25) is 0 Å². The first-order valence-corrected chi connectivity index (χ1v) is 6.49. The summed E-state index contributed by atoms with van der Waals surface area (Å²) in [7, 11) is 0. The van der Waals surface area contributed by atoms with Gasteiger partial charge in [0.15, 0.2) is 0 Å². The molecule has 1 heterocycles. The van der Waals surface area contributed by atoms with E-state index in [1.165, 1.54) is 11.3 Å². The quantitative estimate of drug-likeness (QED) is 0.896. The van der Waals surface area contributed by atoms with Crippen LogP contribution in [0, 0.1) is 18.3 Å². The van der Waals surface area contributed by atoms with Crippen molar-refractivity contribution >= 4 is 23.0 Å². The first kappa shape index (κ1) is 13.1. The lowest BCUT2D eigenvalue weighted by Crippen LogP contribution is -2.00. The number of carboxylic acid groups (broad SMARTS) is 1. The fourth-order valence-electron chi connectivity index (χ4n) is 1.73. The second kappa shape index (κ2) is 5.55. The third kappa shape index (κ3) is 2.92. The van der Waals surface area contributed by atoms with Crippen LogP contribution in [0.4, 0.5) is 5.69 Å². The Morgan fingerprint density at radius 1 is 1.42 bits per heavy atom. The largest absolute Gasteiger partial charge is 0.477 e. The average Bonchev–Trinajstić information content (AvgIpc) is 2.85. The smallest absolute Gasteiger partial charge is 0.345 e. The van der Waals surface area contributed by atoms with Gasteiger partial charge in [0.25, 0.3) is 0 Å². The molecule has 2 rings (SSSR count). The van der Waals surface area contributed by atoms with Gasteiger partial charge in [-0.2, -0.15) is 5.26 Å². The number of thiophene rings is 1. The molecule has 0 spiro atoms. The van der Waals surface area contributed by atoms with Gasteiger partial charge in [0, 0.05) is 11.4 Å². The Balaban J connectivity index is 2.12. The zero-order chi connectivity index (χ0) is 13.8. The number of carbonyl (C=O) groups is 1. The van der Waals surface area contributed by atoms with Gasteiger partial charge < -0.3 is 10.4 Å². The summed E-state index contributed by atoms with van der Waals surface area (Å²) in [6.45, 7) is 2.40. The molecule has 96 valence electrons. The van der Waals surface area contributed by atoms with Crippen LogP contribution in [0.15, 0.2) is 30.3 Å². The molecule has 0 amide bonds. The Hall–Kier alpha value is -2.32. The van der Waals surface area contributed by atoms with Crippen molar-refractivity contribution in [2.24, 2.45) is 0 Å². The number of aromatic carboxylic acids is 1. The highest BCUT2D eigenvalue weighted by Crippen LogP contribution is 2.21. The maximum Gasteiger partial charge on any atom is 0.345 e. The van der Waals surface area contributed by atoms with E-state index in [9.17, 15) is 4.79 Å². The first-order chi connectivity index (χ1) is 9.11. The van der Waals surface area contributed by atoms with Crippen molar-refractivity contribution in [1.29, 1.82) is 5.26 Å². The van der Waals surface area contributed by atoms with Gasteiger partial charge in [0.2, 0.25) is 0 Å². The summed E-state index contributed by atoms with van der Waals surface area (Å²) >= 11 is 1.23. The van der Waals surface area contributed by atoms with Crippen molar-refractivity contribution in [1.82, 2.24) is 0 Å². The number of nitriles is 1. The summed E-state index contributed by atoms with van der Waals surface area (Å²) in [5, 5.41) is 21.1. The SMILES string of the molecule is Cc1cccc(NCc2ccc(C(=O)O)s2)c1C#N. The second-order valence-electron chi connectivity index (χ2n) is 4.03. The van der Waals surface area contributed by atoms with Crippen LogP contribution in [0.3, 0.4) is 0 Å². The summed E-state index contributed by atoms with van der Waals surface area (Å²) < 4.78 is 0. The van der Waals surface area contributed by atoms with Gasteiger partial charge >= 0.3 is 5.97 Å². The van der Waals surface area contributed by atoms with Crippen LogP contribution in [-0.4, -0.2) is 11.1 Å². The molecule has 0 saturated carbocycles. The third-order valence-corrected chi connectivity index (χ3v) is 3.78. The summed E-state index contributed by atoms with van der Waals surface area (Å²) in [5.74, 6) is -0.912. The van der Waals surface area contributed by atoms with E-state index in [4.69, 9.17) is 10.4 Å². The number of nitrogens with zero attached hydrogens (tertiary/aromatic N) is 1. The predicted molar refractivity (Wildman–Crippen MR) is 74.5 cm³/mol. The standard InChI is InChI=1S/C14H12N2O2S/c1-9-3-2-4-12(11(9)7-15)16-8-10-5-6-13(19-10)14(17)18/h2-6,16H,8H2,1H3,(H,17,18). The highest BCUT2D eigenvalue weighted by molar-refractivity contribution is 7.13. The van der Waals surface area contributed by atoms with E-state index in [0.717, 1.165) is 16.1 Å². The van der Waals surface area contributed by atoms with E-state index in [1.807, 2.05) is 25.1 Å². The second-order valence-corrected chi connectivity index (χ2v) is 5.20. The Morgan fingerprint density at radius 2 is 2.21 bits per heavy atom. The van der Waals surface area contributed by atoms with Crippen molar-refractivity contribution in [3.8, 4) is 6.07 Å². The number of aryl methyl sites for hydroxylation is 1. The van der Waals surface area contributed by atoms with Crippen molar-refractivity contribution in [3.05, 3.63) is 51.2 Å².